The number of phenolic OH excluding ortho intramolecular Hbond substituents is 2. The van der Waals surface area contributed by atoms with Gasteiger partial charge in [-0.25, -0.2) is 0 Å². The highest BCUT2D eigenvalue weighted by atomic mass is 16.3. The van der Waals surface area contributed by atoms with Crippen LogP contribution >= 0.6 is 0 Å². The number of hydrogen-bond donors (Lipinski definition) is 2. The average Bonchev–Trinajstić information content (AvgIpc) is 2.92. The third kappa shape index (κ3) is 4.90. The number of rotatable bonds is 4. The lowest BCUT2D eigenvalue weighted by molar-refractivity contribution is 0.466. The Morgan fingerprint density at radius 2 is 0.854 bits per heavy atom. The third-order valence-corrected chi connectivity index (χ3v) is 8.04. The maximum atomic E-state index is 10.1. The van der Waals surface area contributed by atoms with Crippen LogP contribution < -0.4 is 9.80 Å². The molecule has 2 aliphatic heterocycles. The first-order chi connectivity index (χ1) is 19.6. The molecule has 0 amide bonds. The van der Waals surface area contributed by atoms with E-state index >= 15 is 0 Å². The molecule has 6 rings (SSSR count). The van der Waals surface area contributed by atoms with Gasteiger partial charge >= 0.3 is 0 Å². The van der Waals surface area contributed by atoms with Crippen molar-refractivity contribution in [3.63, 3.8) is 0 Å². The van der Waals surface area contributed by atoms with Crippen LogP contribution in [0.2, 0.25) is 0 Å². The zero-order valence-corrected chi connectivity index (χ0v) is 24.3. The second kappa shape index (κ2) is 10.0. The van der Waals surface area contributed by atoms with Crippen molar-refractivity contribution in [2.75, 3.05) is 16.5 Å². The summed E-state index contributed by atoms with van der Waals surface area (Å²) < 4.78 is 0. The molecule has 4 aromatic carbocycles. The lowest BCUT2D eigenvalue weighted by Crippen LogP contribution is -2.46. The molecule has 0 fully saturated rings. The smallest absolute Gasteiger partial charge is 0.121 e. The van der Waals surface area contributed by atoms with E-state index < -0.39 is 0 Å². The zero-order chi connectivity index (χ0) is 29.0. The van der Waals surface area contributed by atoms with Crippen LogP contribution in [0.5, 0.6) is 11.5 Å². The monoisotopic (exact) mass is 546 g/mol. The van der Waals surface area contributed by atoms with Crippen molar-refractivity contribution >= 4 is 34.1 Å². The zero-order valence-electron chi connectivity index (χ0n) is 24.3. The van der Waals surface area contributed by atoms with E-state index in [1.807, 2.05) is 52.0 Å². The maximum absolute atomic E-state index is 10.1. The number of anilines is 2. The van der Waals surface area contributed by atoms with Crippen LogP contribution in [0, 0.1) is 41.5 Å². The molecule has 2 heterocycles. The van der Waals surface area contributed by atoms with Gasteiger partial charge in [0.25, 0.3) is 0 Å². The number of nitrogens with zero attached hydrogens (tertiary/aromatic N) is 6. The molecule has 8 heteroatoms. The highest BCUT2D eigenvalue weighted by Gasteiger charge is 2.30. The van der Waals surface area contributed by atoms with Gasteiger partial charge in [-0.05, 0) is 122 Å². The Kier molecular flexibility index (Phi) is 6.49. The summed E-state index contributed by atoms with van der Waals surface area (Å²) in [5, 5.41) is 38.3. The van der Waals surface area contributed by atoms with Crippen molar-refractivity contribution in [3.8, 4) is 11.5 Å². The first kappa shape index (κ1) is 26.5. The molecule has 8 nitrogen and oxygen atoms in total. The predicted molar refractivity (Wildman–Crippen MR) is 163 cm³/mol. The van der Waals surface area contributed by atoms with Gasteiger partial charge in [-0.15, -0.1) is 0 Å². The van der Waals surface area contributed by atoms with Crippen LogP contribution in [0.3, 0.4) is 0 Å². The Hall–Kier alpha value is -4.72. The molecule has 2 aliphatic rings. The van der Waals surface area contributed by atoms with Gasteiger partial charge in [0.2, 0.25) is 0 Å². The first-order valence-corrected chi connectivity index (χ1v) is 13.8. The van der Waals surface area contributed by atoms with Crippen LogP contribution in [0.15, 0.2) is 69.0 Å². The molecule has 0 aromatic heterocycles. The van der Waals surface area contributed by atoms with Crippen molar-refractivity contribution in [1.29, 1.82) is 0 Å². The van der Waals surface area contributed by atoms with E-state index in [1.54, 1.807) is 0 Å². The van der Waals surface area contributed by atoms with Crippen LogP contribution in [-0.4, -0.2) is 16.9 Å². The number of phenols is 2. The Labute approximate surface area is 240 Å². The Balaban J connectivity index is 1.28. The van der Waals surface area contributed by atoms with Crippen molar-refractivity contribution in [2.24, 2.45) is 20.5 Å². The van der Waals surface area contributed by atoms with Crippen LogP contribution in [0.25, 0.3) is 0 Å². The molecule has 0 spiro atoms. The quantitative estimate of drug-likeness (QED) is 0.250. The van der Waals surface area contributed by atoms with Crippen molar-refractivity contribution < 1.29 is 10.2 Å². The van der Waals surface area contributed by atoms with E-state index in [2.05, 4.69) is 68.4 Å². The minimum Gasteiger partial charge on any atom is -0.507 e. The largest absolute Gasteiger partial charge is 0.507 e. The van der Waals surface area contributed by atoms with Crippen molar-refractivity contribution in [2.45, 2.75) is 54.6 Å². The maximum Gasteiger partial charge on any atom is 0.121 e. The summed E-state index contributed by atoms with van der Waals surface area (Å²) in [4.78, 5) is 4.77. The normalized spacial score (nSPS) is 14.2. The van der Waals surface area contributed by atoms with Crippen LogP contribution in [0.1, 0.15) is 44.5 Å². The summed E-state index contributed by atoms with van der Waals surface area (Å²) in [7, 11) is 0. The van der Waals surface area contributed by atoms with E-state index in [9.17, 15) is 10.2 Å². The van der Waals surface area contributed by atoms with Gasteiger partial charge in [-0.2, -0.15) is 20.5 Å². The molecule has 2 N–H and O–H groups in total. The molecule has 0 saturated carbocycles. The molecule has 0 unspecified atom stereocenters. The van der Waals surface area contributed by atoms with Crippen LogP contribution in [0.4, 0.5) is 34.1 Å². The minimum atomic E-state index is 0.303. The molecule has 0 aliphatic carbocycles. The first-order valence-electron chi connectivity index (χ1n) is 13.8. The van der Waals surface area contributed by atoms with E-state index in [4.69, 9.17) is 0 Å². The van der Waals surface area contributed by atoms with Gasteiger partial charge in [-0.1, -0.05) is 12.1 Å². The summed E-state index contributed by atoms with van der Waals surface area (Å²) in [6.45, 7) is 14.0. The minimum absolute atomic E-state index is 0.303. The van der Waals surface area contributed by atoms with Crippen LogP contribution in [-0.2, 0) is 13.1 Å². The van der Waals surface area contributed by atoms with Gasteiger partial charge in [0.15, 0.2) is 0 Å². The molecular formula is C33H34N6O2. The second-order valence-corrected chi connectivity index (χ2v) is 11.3. The van der Waals surface area contributed by atoms with Gasteiger partial charge in [-0.3, -0.25) is 0 Å². The number of aromatic hydroxyl groups is 2. The average molecular weight is 547 g/mol. The third-order valence-electron chi connectivity index (χ3n) is 8.04. The number of aryl methyl sites for hydroxylation is 6. The van der Waals surface area contributed by atoms with Gasteiger partial charge in [0.1, 0.15) is 11.5 Å². The Bertz CT molecular complexity index is 1600. The number of fused-ring (bicyclic) bond motifs is 6. The van der Waals surface area contributed by atoms with Gasteiger partial charge < -0.3 is 20.0 Å². The van der Waals surface area contributed by atoms with E-state index in [0.717, 1.165) is 75.9 Å². The predicted octanol–water partition coefficient (Wildman–Crippen LogP) is 9.08. The lowest BCUT2D eigenvalue weighted by atomic mass is 9.98. The number of hydrogen-bond acceptors (Lipinski definition) is 8. The summed E-state index contributed by atoms with van der Waals surface area (Å²) in [5.74, 6) is 0.605. The molecular weight excluding hydrogens is 512 g/mol. The standard InChI is InChI=1S/C33H34N6O2/c1-18-7-24-15-38-17-39(30(24)13-28(18)36-34-26-9-20(3)32(40)21(4)10-26)16-25-8-19(2)29(14-31(25)38)37-35-27-11-22(5)33(41)23(6)12-27/h7-14,40-41H,15-17H2,1-6H3. The second-order valence-electron chi connectivity index (χ2n) is 11.3. The van der Waals surface area contributed by atoms with Crippen molar-refractivity contribution in [3.05, 3.63) is 93.0 Å². The fourth-order valence-corrected chi connectivity index (χ4v) is 5.79. The Morgan fingerprint density at radius 1 is 0.488 bits per heavy atom. The molecule has 0 atom stereocenters. The van der Waals surface area contributed by atoms with Gasteiger partial charge in [0.05, 0.1) is 29.4 Å². The molecule has 41 heavy (non-hydrogen) atoms. The summed E-state index contributed by atoms with van der Waals surface area (Å²) in [6, 6.07) is 16.1. The van der Waals surface area contributed by atoms with Crippen molar-refractivity contribution in [1.82, 2.24) is 0 Å². The number of benzene rings is 4. The lowest BCUT2D eigenvalue weighted by Gasteiger charge is -2.45. The summed E-state index contributed by atoms with van der Waals surface area (Å²) >= 11 is 0. The molecule has 208 valence electrons. The van der Waals surface area contributed by atoms with E-state index in [-0.39, 0.29) is 0 Å². The molecule has 4 aromatic rings. The summed E-state index contributed by atoms with van der Waals surface area (Å²) in [6.07, 6.45) is 0. The molecule has 0 saturated heterocycles. The highest BCUT2D eigenvalue weighted by molar-refractivity contribution is 5.74. The van der Waals surface area contributed by atoms with E-state index in [0.29, 0.717) is 11.5 Å². The topological polar surface area (TPSA) is 96.4 Å². The summed E-state index contributed by atoms with van der Waals surface area (Å²) in [5.41, 5.74) is 13.3. The van der Waals surface area contributed by atoms with Gasteiger partial charge in [0, 0.05) is 24.5 Å². The number of azo groups is 2. The van der Waals surface area contributed by atoms with E-state index in [1.165, 1.54) is 22.5 Å². The Morgan fingerprint density at radius 3 is 1.22 bits per heavy atom. The molecule has 2 bridgehead atoms. The molecule has 0 radical (unpaired) electrons. The fourth-order valence-electron chi connectivity index (χ4n) is 5.79. The fraction of sp³-hybridized carbons (Fsp3) is 0.273. The highest BCUT2D eigenvalue weighted by Crippen LogP contribution is 2.43. The SMILES string of the molecule is Cc1cc2c(cc1N=Nc1cc(C)c(O)c(C)c1)N1Cc3cc(C)c(N=Nc4cc(C)c(O)c(C)c4)cc3N(C2)C1.